The molecule has 0 amide bonds. The normalized spacial score (nSPS) is 30.7. The van der Waals surface area contributed by atoms with Crippen molar-refractivity contribution in [2.45, 2.75) is 50.7 Å². The maximum absolute atomic E-state index is 12.5. The van der Waals surface area contributed by atoms with Crippen LogP contribution in [0.25, 0.3) is 5.57 Å². The number of piperidine rings is 1. The first-order chi connectivity index (χ1) is 15.0. The molecule has 2 aliphatic carbocycles. The monoisotopic (exact) mass is 443 g/mol. The second-order valence-electron chi connectivity index (χ2n) is 9.05. The van der Waals surface area contributed by atoms with E-state index in [4.69, 9.17) is 5.73 Å². The Morgan fingerprint density at radius 3 is 2.87 bits per heavy atom. The summed E-state index contributed by atoms with van der Waals surface area (Å²) < 4.78 is 28.8. The molecule has 0 aromatic carbocycles. The van der Waals surface area contributed by atoms with Crippen LogP contribution in [0.4, 0.5) is 0 Å². The quantitative estimate of drug-likeness (QED) is 0.547. The van der Waals surface area contributed by atoms with Gasteiger partial charge in [-0.05, 0) is 49.5 Å². The van der Waals surface area contributed by atoms with Crippen LogP contribution in [0.2, 0.25) is 0 Å². The van der Waals surface area contributed by atoms with E-state index in [2.05, 4.69) is 26.7 Å². The highest BCUT2D eigenvalue weighted by atomic mass is 32.2. The van der Waals surface area contributed by atoms with E-state index in [0.29, 0.717) is 25.9 Å². The Bertz CT molecular complexity index is 1080. The van der Waals surface area contributed by atoms with Crippen LogP contribution in [0, 0.1) is 11.3 Å². The zero-order chi connectivity index (χ0) is 21.6. The van der Waals surface area contributed by atoms with Crippen molar-refractivity contribution in [1.29, 1.82) is 0 Å². The van der Waals surface area contributed by atoms with Gasteiger partial charge in [0.25, 0.3) is 0 Å². The van der Waals surface area contributed by atoms with Gasteiger partial charge in [-0.2, -0.15) is 4.31 Å². The highest BCUT2D eigenvalue weighted by molar-refractivity contribution is 7.92. The summed E-state index contributed by atoms with van der Waals surface area (Å²) >= 11 is 0. The Labute approximate surface area is 182 Å². The first-order valence-corrected chi connectivity index (χ1v) is 12.5. The van der Waals surface area contributed by atoms with Crippen LogP contribution in [-0.4, -0.2) is 52.9 Å². The van der Waals surface area contributed by atoms with Crippen LogP contribution in [-0.2, 0) is 10.0 Å². The molecular weight excluding hydrogens is 414 g/mol. The van der Waals surface area contributed by atoms with Gasteiger partial charge in [0.15, 0.2) is 0 Å². The Morgan fingerprint density at radius 2 is 2.10 bits per heavy atom. The number of aliphatic imine (C=N–C) groups is 1. The fourth-order valence-corrected chi connectivity index (χ4v) is 7.22. The topological polar surface area (TPSA) is 114 Å². The highest BCUT2D eigenvalue weighted by Gasteiger charge is 2.53. The molecule has 0 bridgehead atoms. The Hall–Kier alpha value is -2.23. The zero-order valence-corrected chi connectivity index (χ0v) is 18.3. The van der Waals surface area contributed by atoms with E-state index < -0.39 is 16.1 Å². The lowest BCUT2D eigenvalue weighted by Gasteiger charge is -2.42. The van der Waals surface area contributed by atoms with E-state index in [1.54, 1.807) is 0 Å². The molecule has 166 valence electrons. The fraction of sp³-hybridized carbons (Fsp3) is 0.545. The summed E-state index contributed by atoms with van der Waals surface area (Å²) in [6.45, 7) is 0.834. The average molecular weight is 444 g/mol. The van der Waals surface area contributed by atoms with E-state index in [1.807, 2.05) is 12.5 Å². The van der Waals surface area contributed by atoms with E-state index >= 15 is 0 Å². The van der Waals surface area contributed by atoms with E-state index in [9.17, 15) is 13.5 Å². The molecule has 1 spiro atoms. The summed E-state index contributed by atoms with van der Waals surface area (Å²) in [6.07, 6.45) is 15.3. The van der Waals surface area contributed by atoms with Crippen LogP contribution < -0.4 is 5.73 Å². The van der Waals surface area contributed by atoms with Crippen molar-refractivity contribution in [1.82, 2.24) is 13.9 Å². The Morgan fingerprint density at radius 1 is 1.29 bits per heavy atom. The molecule has 1 saturated carbocycles. The molecule has 4 aliphatic rings. The second-order valence-corrected chi connectivity index (χ2v) is 10.9. The van der Waals surface area contributed by atoms with E-state index in [-0.39, 0.29) is 17.4 Å². The van der Waals surface area contributed by atoms with Crippen molar-refractivity contribution >= 4 is 21.9 Å². The molecule has 3 atom stereocenters. The maximum Gasteiger partial charge on any atom is 0.237 e. The molecule has 1 aromatic heterocycles. The summed E-state index contributed by atoms with van der Waals surface area (Å²) in [5.41, 5.74) is 8.79. The summed E-state index contributed by atoms with van der Waals surface area (Å²) in [5.74, 6) is 0.133. The van der Waals surface area contributed by atoms with Gasteiger partial charge < -0.3 is 15.4 Å². The van der Waals surface area contributed by atoms with Crippen LogP contribution in [0.5, 0.6) is 0 Å². The lowest BCUT2D eigenvalue weighted by molar-refractivity contribution is -0.0151. The first-order valence-electron chi connectivity index (χ1n) is 11.0. The molecule has 1 aromatic rings. The van der Waals surface area contributed by atoms with Crippen molar-refractivity contribution in [3.63, 3.8) is 0 Å². The number of nitrogens with two attached hydrogens (primary N) is 1. The summed E-state index contributed by atoms with van der Waals surface area (Å²) in [7, 11) is -3.52. The Balaban J connectivity index is 1.34. The second kappa shape index (κ2) is 7.72. The van der Waals surface area contributed by atoms with E-state index in [0.717, 1.165) is 43.1 Å². The van der Waals surface area contributed by atoms with Gasteiger partial charge in [0.1, 0.15) is 0 Å². The summed E-state index contributed by atoms with van der Waals surface area (Å²) in [5, 5.41) is 12.6. The number of imidazole rings is 1. The van der Waals surface area contributed by atoms with Gasteiger partial charge in [-0.3, -0.25) is 0 Å². The summed E-state index contributed by atoms with van der Waals surface area (Å²) in [6, 6.07) is 0.158. The van der Waals surface area contributed by atoms with Gasteiger partial charge in [-0.25, -0.2) is 18.4 Å². The number of nitrogens with zero attached hydrogens (tertiary/aromatic N) is 4. The third-order valence-electron chi connectivity index (χ3n) is 7.71. The highest BCUT2D eigenvalue weighted by Crippen LogP contribution is 2.56. The number of hydrogen-bond donors (Lipinski definition) is 2. The molecule has 0 radical (unpaired) electrons. The predicted octanol–water partition coefficient (Wildman–Crippen LogP) is 2.18. The van der Waals surface area contributed by atoms with Gasteiger partial charge in [-0.1, -0.05) is 12.2 Å². The van der Waals surface area contributed by atoms with Crippen molar-refractivity contribution in [2.24, 2.45) is 22.1 Å². The first kappa shape index (κ1) is 20.7. The summed E-state index contributed by atoms with van der Waals surface area (Å²) in [4.78, 5) is 8.01. The lowest BCUT2D eigenvalue weighted by atomic mass is 9.73. The van der Waals surface area contributed by atoms with Gasteiger partial charge in [-0.15, -0.1) is 0 Å². The molecule has 3 N–H and O–H groups in total. The number of sulfonamides is 1. The van der Waals surface area contributed by atoms with Gasteiger partial charge in [0.05, 0.1) is 42.1 Å². The van der Waals surface area contributed by atoms with Gasteiger partial charge in [0, 0.05) is 30.8 Å². The standard InChI is InChI=1S/C22H29N5O3S/c23-14-24-9-12-31(29,30)26-10-7-22(8-11-26)6-5-18(21(22)28)20-17-4-2-1-3-16(17)19-13-25-15-27(19)20/h1,3,9,12-15,18,20-21,28H,2,4-8,10-11H2,(H2,23,24)/b12-9+. The number of fused-ring (bicyclic) bond motifs is 2. The molecule has 5 rings (SSSR count). The number of aromatic nitrogens is 2. The van der Waals surface area contributed by atoms with E-state index in [1.165, 1.54) is 21.7 Å². The van der Waals surface area contributed by atoms with Crippen LogP contribution in [0.15, 0.2) is 46.8 Å². The minimum Gasteiger partial charge on any atom is -0.392 e. The molecule has 8 nitrogen and oxygen atoms in total. The van der Waals surface area contributed by atoms with Crippen molar-refractivity contribution in [2.75, 3.05) is 13.1 Å². The number of hydrogen-bond acceptors (Lipinski definition) is 5. The molecule has 31 heavy (non-hydrogen) atoms. The van der Waals surface area contributed by atoms with Crippen LogP contribution >= 0.6 is 0 Å². The number of aliphatic hydroxyl groups excluding tert-OH is 1. The molecule has 3 heterocycles. The largest absolute Gasteiger partial charge is 0.392 e. The van der Waals surface area contributed by atoms with Crippen molar-refractivity contribution < 1.29 is 13.5 Å². The predicted molar refractivity (Wildman–Crippen MR) is 119 cm³/mol. The number of aliphatic hydroxyl groups is 1. The Kier molecular flexibility index (Phi) is 5.15. The molecular formula is C22H29N5O3S. The van der Waals surface area contributed by atoms with Gasteiger partial charge in [0.2, 0.25) is 10.0 Å². The molecule has 9 heteroatoms. The third kappa shape index (κ3) is 3.30. The SMILES string of the molecule is NC=N/C=C/S(=O)(=O)N1CCC2(CCC(C3C4=C(C=CCC4)c4cncn43)C2O)CC1. The number of allylic oxidation sites excluding steroid dienone is 4. The average Bonchev–Trinajstić information content (AvgIpc) is 3.44. The van der Waals surface area contributed by atoms with Crippen LogP contribution in [0.3, 0.4) is 0 Å². The zero-order valence-electron chi connectivity index (χ0n) is 17.5. The minimum atomic E-state index is -3.52. The maximum atomic E-state index is 12.5. The molecule has 2 fully saturated rings. The van der Waals surface area contributed by atoms with Crippen LogP contribution in [0.1, 0.15) is 50.3 Å². The fourth-order valence-electron chi connectivity index (χ4n) is 6.13. The molecule has 3 unspecified atom stereocenters. The smallest absolute Gasteiger partial charge is 0.237 e. The van der Waals surface area contributed by atoms with Crippen molar-refractivity contribution in [3.8, 4) is 0 Å². The third-order valence-corrected chi connectivity index (χ3v) is 9.26. The molecule has 2 aliphatic heterocycles. The minimum absolute atomic E-state index is 0.133. The number of rotatable bonds is 4. The molecule has 1 saturated heterocycles. The van der Waals surface area contributed by atoms with Gasteiger partial charge >= 0.3 is 0 Å². The van der Waals surface area contributed by atoms with Crippen molar-refractivity contribution in [3.05, 3.63) is 47.6 Å². The lowest BCUT2D eigenvalue weighted by Crippen LogP contribution is -2.47.